The van der Waals surface area contributed by atoms with Gasteiger partial charge in [0.1, 0.15) is 11.6 Å². The van der Waals surface area contributed by atoms with Crippen molar-refractivity contribution in [2.24, 2.45) is 11.3 Å². The van der Waals surface area contributed by atoms with Crippen molar-refractivity contribution in [3.63, 3.8) is 0 Å². The Morgan fingerprint density at radius 2 is 2.08 bits per heavy atom. The Hall–Kier alpha value is -1.75. The number of likely N-dealkylation sites (tertiary alicyclic amines) is 1. The molecule has 1 aromatic carbocycles. The Morgan fingerprint density at radius 3 is 2.62 bits per heavy atom. The summed E-state index contributed by atoms with van der Waals surface area (Å²) in [5.41, 5.74) is -0.593. The molecule has 1 fully saturated rings. The standard InChI is InChI=1S/C19H25F2NO2/c1-4-19(3,5-2)18(24)22-10-8-13(9-11-22)17(23)15-12-14(20)6-7-16(15)21/h4,6-7,12-13,17,23H,1,5,8-11H2,2-3H3/t17-,19-/m1/s1. The molecule has 0 bridgehead atoms. The molecule has 2 atom stereocenters. The normalized spacial score (nSPS) is 19.6. The van der Waals surface area contributed by atoms with Crippen LogP contribution in [0.5, 0.6) is 0 Å². The van der Waals surface area contributed by atoms with E-state index >= 15 is 0 Å². The number of amides is 1. The highest BCUT2D eigenvalue weighted by Gasteiger charge is 2.36. The van der Waals surface area contributed by atoms with E-state index in [1.807, 2.05) is 13.8 Å². The van der Waals surface area contributed by atoms with E-state index in [4.69, 9.17) is 0 Å². The number of benzene rings is 1. The van der Waals surface area contributed by atoms with Gasteiger partial charge in [-0.2, -0.15) is 0 Å². The third-order valence-corrected chi connectivity index (χ3v) is 5.22. The molecule has 1 heterocycles. The fourth-order valence-corrected chi connectivity index (χ4v) is 3.16. The van der Waals surface area contributed by atoms with Gasteiger partial charge in [-0.1, -0.05) is 13.0 Å². The van der Waals surface area contributed by atoms with E-state index in [2.05, 4.69) is 6.58 Å². The van der Waals surface area contributed by atoms with E-state index in [0.29, 0.717) is 32.4 Å². The average Bonchev–Trinajstić information content (AvgIpc) is 2.62. The Morgan fingerprint density at radius 1 is 1.46 bits per heavy atom. The third-order valence-electron chi connectivity index (χ3n) is 5.22. The lowest BCUT2D eigenvalue weighted by atomic mass is 9.83. The number of aliphatic hydroxyl groups is 1. The largest absolute Gasteiger partial charge is 0.388 e. The molecule has 0 spiro atoms. The van der Waals surface area contributed by atoms with Gasteiger partial charge in [0.2, 0.25) is 5.91 Å². The van der Waals surface area contributed by atoms with E-state index in [1.54, 1.807) is 11.0 Å². The summed E-state index contributed by atoms with van der Waals surface area (Å²) in [5.74, 6) is -1.33. The zero-order valence-electron chi connectivity index (χ0n) is 14.3. The number of hydrogen-bond donors (Lipinski definition) is 1. The van der Waals surface area contributed by atoms with Crippen LogP contribution in [-0.4, -0.2) is 29.0 Å². The molecule has 0 aliphatic carbocycles. The van der Waals surface area contributed by atoms with Gasteiger partial charge in [0, 0.05) is 18.7 Å². The summed E-state index contributed by atoms with van der Waals surface area (Å²) >= 11 is 0. The summed E-state index contributed by atoms with van der Waals surface area (Å²) in [6.45, 7) is 8.57. The van der Waals surface area contributed by atoms with Crippen molar-refractivity contribution in [1.82, 2.24) is 4.90 Å². The van der Waals surface area contributed by atoms with Crippen LogP contribution < -0.4 is 0 Å². The summed E-state index contributed by atoms with van der Waals surface area (Å²) in [6, 6.07) is 3.11. The maximum Gasteiger partial charge on any atom is 0.232 e. The quantitative estimate of drug-likeness (QED) is 0.830. The van der Waals surface area contributed by atoms with E-state index in [0.717, 1.165) is 18.2 Å². The van der Waals surface area contributed by atoms with Crippen LogP contribution in [0.2, 0.25) is 0 Å². The Balaban J connectivity index is 2.03. The molecule has 24 heavy (non-hydrogen) atoms. The van der Waals surface area contributed by atoms with Crippen LogP contribution in [-0.2, 0) is 4.79 Å². The number of aliphatic hydroxyl groups excluding tert-OH is 1. The van der Waals surface area contributed by atoms with Crippen molar-refractivity contribution in [3.8, 4) is 0 Å². The van der Waals surface area contributed by atoms with Crippen molar-refractivity contribution in [3.05, 3.63) is 48.1 Å². The highest BCUT2D eigenvalue weighted by atomic mass is 19.1. The second-order valence-electron chi connectivity index (χ2n) is 6.72. The molecule has 5 heteroatoms. The molecule has 132 valence electrons. The van der Waals surface area contributed by atoms with Crippen LogP contribution in [0, 0.1) is 23.0 Å². The average molecular weight is 337 g/mol. The van der Waals surface area contributed by atoms with Crippen LogP contribution in [0.25, 0.3) is 0 Å². The smallest absolute Gasteiger partial charge is 0.232 e. The van der Waals surface area contributed by atoms with E-state index in [-0.39, 0.29) is 17.4 Å². The second kappa shape index (κ2) is 7.43. The van der Waals surface area contributed by atoms with Crippen LogP contribution in [0.1, 0.15) is 44.8 Å². The first kappa shape index (κ1) is 18.6. The Labute approximate surface area is 142 Å². The molecule has 1 saturated heterocycles. The maximum absolute atomic E-state index is 13.8. The van der Waals surface area contributed by atoms with Crippen molar-refractivity contribution < 1.29 is 18.7 Å². The zero-order chi connectivity index (χ0) is 17.9. The van der Waals surface area contributed by atoms with Gasteiger partial charge in [0.15, 0.2) is 0 Å². The zero-order valence-corrected chi connectivity index (χ0v) is 14.3. The number of carbonyl (C=O) groups is 1. The topological polar surface area (TPSA) is 40.5 Å². The van der Waals surface area contributed by atoms with Crippen molar-refractivity contribution >= 4 is 5.91 Å². The number of carbonyl (C=O) groups excluding carboxylic acids is 1. The van der Waals surface area contributed by atoms with Crippen LogP contribution in [0.15, 0.2) is 30.9 Å². The molecular weight excluding hydrogens is 312 g/mol. The minimum absolute atomic E-state index is 0.00994. The lowest BCUT2D eigenvalue weighted by Crippen LogP contribution is -2.46. The maximum atomic E-state index is 13.8. The minimum atomic E-state index is -1.06. The number of halogens is 2. The molecular formula is C19H25F2NO2. The van der Waals surface area contributed by atoms with Crippen LogP contribution >= 0.6 is 0 Å². The van der Waals surface area contributed by atoms with E-state index < -0.39 is 23.2 Å². The van der Waals surface area contributed by atoms with Crippen molar-refractivity contribution in [2.45, 2.75) is 39.2 Å². The lowest BCUT2D eigenvalue weighted by Gasteiger charge is -2.38. The van der Waals surface area contributed by atoms with Gasteiger partial charge >= 0.3 is 0 Å². The molecule has 0 saturated carbocycles. The highest BCUT2D eigenvalue weighted by molar-refractivity contribution is 5.84. The van der Waals surface area contributed by atoms with Gasteiger partial charge in [-0.25, -0.2) is 8.78 Å². The molecule has 1 N–H and O–H groups in total. The summed E-state index contributed by atoms with van der Waals surface area (Å²) in [6.07, 6.45) is 2.40. The van der Waals surface area contributed by atoms with Gasteiger partial charge < -0.3 is 10.0 Å². The van der Waals surface area contributed by atoms with Crippen molar-refractivity contribution in [2.75, 3.05) is 13.1 Å². The summed E-state index contributed by atoms with van der Waals surface area (Å²) in [4.78, 5) is 14.4. The first-order valence-corrected chi connectivity index (χ1v) is 8.38. The first-order chi connectivity index (χ1) is 11.3. The third kappa shape index (κ3) is 3.66. The summed E-state index contributed by atoms with van der Waals surface area (Å²) in [5, 5.41) is 10.4. The number of nitrogens with zero attached hydrogens (tertiary/aromatic N) is 1. The van der Waals surface area contributed by atoms with Gasteiger partial charge in [0.25, 0.3) is 0 Å². The number of piperidine rings is 1. The monoisotopic (exact) mass is 337 g/mol. The van der Waals surface area contributed by atoms with Crippen LogP contribution in [0.4, 0.5) is 8.78 Å². The predicted molar refractivity (Wildman–Crippen MR) is 89.2 cm³/mol. The molecule has 0 radical (unpaired) electrons. The SMILES string of the molecule is C=C[C@](C)(CC)C(=O)N1CCC([C@@H](O)c2cc(F)ccc2F)CC1. The predicted octanol–water partition coefficient (Wildman–Crippen LogP) is 3.84. The highest BCUT2D eigenvalue weighted by Crippen LogP contribution is 2.34. The number of rotatable bonds is 5. The van der Waals surface area contributed by atoms with Gasteiger partial charge in [-0.15, -0.1) is 6.58 Å². The molecule has 1 aliphatic heterocycles. The minimum Gasteiger partial charge on any atom is -0.388 e. The van der Waals surface area contributed by atoms with Crippen molar-refractivity contribution in [1.29, 1.82) is 0 Å². The summed E-state index contributed by atoms with van der Waals surface area (Å²) < 4.78 is 27.1. The van der Waals surface area contributed by atoms with Gasteiger partial charge in [0.05, 0.1) is 11.5 Å². The van der Waals surface area contributed by atoms with Gasteiger partial charge in [-0.05, 0) is 50.3 Å². The first-order valence-electron chi connectivity index (χ1n) is 8.38. The fraction of sp³-hybridized carbons (Fsp3) is 0.526. The molecule has 1 amide bonds. The molecule has 1 aliphatic rings. The molecule has 0 aromatic heterocycles. The number of hydrogen-bond acceptors (Lipinski definition) is 2. The van der Waals surface area contributed by atoms with E-state index in [9.17, 15) is 18.7 Å². The molecule has 2 rings (SSSR count). The molecule has 1 aromatic rings. The van der Waals surface area contributed by atoms with E-state index in [1.165, 1.54) is 0 Å². The van der Waals surface area contributed by atoms with Crippen LogP contribution in [0.3, 0.4) is 0 Å². The molecule has 0 unspecified atom stereocenters. The fourth-order valence-electron chi connectivity index (χ4n) is 3.16. The second-order valence-corrected chi connectivity index (χ2v) is 6.72. The van der Waals surface area contributed by atoms with Gasteiger partial charge in [-0.3, -0.25) is 4.79 Å². The Kier molecular flexibility index (Phi) is 5.75. The molecule has 3 nitrogen and oxygen atoms in total. The Bertz CT molecular complexity index is 611. The lowest BCUT2D eigenvalue weighted by molar-refractivity contribution is -0.141. The summed E-state index contributed by atoms with van der Waals surface area (Å²) in [7, 11) is 0.